The van der Waals surface area contributed by atoms with Gasteiger partial charge in [0, 0.05) is 49.1 Å². The second-order valence-corrected chi connectivity index (χ2v) is 7.13. The Bertz CT molecular complexity index is 609. The Morgan fingerprint density at radius 2 is 2.00 bits per heavy atom. The van der Waals surface area contributed by atoms with Crippen molar-refractivity contribution in [3.05, 3.63) is 46.9 Å². The quantitative estimate of drug-likeness (QED) is 0.847. The summed E-state index contributed by atoms with van der Waals surface area (Å²) in [5, 5.41) is 8.01. The van der Waals surface area contributed by atoms with Crippen LogP contribution in [0.3, 0.4) is 0 Å². The van der Waals surface area contributed by atoms with Crippen LogP contribution >= 0.6 is 11.3 Å². The van der Waals surface area contributed by atoms with E-state index in [1.807, 2.05) is 18.5 Å². The lowest BCUT2D eigenvalue weighted by molar-refractivity contribution is 0.237. The predicted molar refractivity (Wildman–Crippen MR) is 98.6 cm³/mol. The molecule has 1 aliphatic rings. The number of nitrogens with zero attached hydrogens (tertiary/aromatic N) is 2. The van der Waals surface area contributed by atoms with Gasteiger partial charge in [0.25, 0.3) is 0 Å². The number of thiophene rings is 1. The van der Waals surface area contributed by atoms with Crippen LogP contribution in [-0.4, -0.2) is 37.2 Å². The van der Waals surface area contributed by atoms with Gasteiger partial charge in [-0.15, -0.1) is 11.3 Å². The van der Waals surface area contributed by atoms with Gasteiger partial charge in [0.2, 0.25) is 0 Å². The zero-order valence-electron chi connectivity index (χ0n) is 13.8. The molecule has 24 heavy (non-hydrogen) atoms. The van der Waals surface area contributed by atoms with Crippen LogP contribution in [0.5, 0.6) is 0 Å². The molecule has 0 aromatic carbocycles. The SMILES string of the molecule is O=C(NCCc1cccs1)NCC1CCN(c2ccncc2)CC1. The van der Waals surface area contributed by atoms with Crippen molar-refractivity contribution in [1.29, 1.82) is 0 Å². The Labute approximate surface area is 147 Å². The largest absolute Gasteiger partial charge is 0.371 e. The third-order valence-electron chi connectivity index (χ3n) is 4.43. The van der Waals surface area contributed by atoms with Crippen molar-refractivity contribution in [2.24, 2.45) is 5.92 Å². The zero-order valence-corrected chi connectivity index (χ0v) is 14.6. The molecular formula is C18H24N4OS. The maximum absolute atomic E-state index is 11.9. The summed E-state index contributed by atoms with van der Waals surface area (Å²) in [5.41, 5.74) is 1.24. The first-order valence-corrected chi connectivity index (χ1v) is 9.38. The molecule has 0 spiro atoms. The lowest BCUT2D eigenvalue weighted by atomic mass is 9.96. The fourth-order valence-corrected chi connectivity index (χ4v) is 3.71. The number of anilines is 1. The van der Waals surface area contributed by atoms with Gasteiger partial charge in [-0.1, -0.05) is 6.07 Å². The van der Waals surface area contributed by atoms with Crippen molar-refractivity contribution in [3.8, 4) is 0 Å². The van der Waals surface area contributed by atoms with E-state index in [1.54, 1.807) is 11.3 Å². The molecule has 5 nitrogen and oxygen atoms in total. The Hall–Kier alpha value is -2.08. The van der Waals surface area contributed by atoms with Crippen molar-refractivity contribution in [1.82, 2.24) is 15.6 Å². The molecule has 0 bridgehead atoms. The van der Waals surface area contributed by atoms with Crippen LogP contribution in [0.2, 0.25) is 0 Å². The molecule has 0 aliphatic carbocycles. The Morgan fingerprint density at radius 1 is 1.21 bits per heavy atom. The molecule has 0 saturated carbocycles. The number of pyridine rings is 1. The number of piperidine rings is 1. The van der Waals surface area contributed by atoms with E-state index in [0.717, 1.165) is 38.9 Å². The van der Waals surface area contributed by atoms with E-state index in [9.17, 15) is 4.79 Å². The molecule has 0 unspecified atom stereocenters. The van der Waals surface area contributed by atoms with Gasteiger partial charge >= 0.3 is 6.03 Å². The van der Waals surface area contributed by atoms with Crippen LogP contribution in [0.1, 0.15) is 17.7 Å². The zero-order chi connectivity index (χ0) is 16.6. The normalized spacial score (nSPS) is 15.2. The third kappa shape index (κ3) is 4.96. The Balaban J connectivity index is 1.31. The van der Waals surface area contributed by atoms with E-state index in [1.165, 1.54) is 10.6 Å². The molecule has 2 aromatic heterocycles. The topological polar surface area (TPSA) is 57.3 Å². The molecule has 128 valence electrons. The monoisotopic (exact) mass is 344 g/mol. The van der Waals surface area contributed by atoms with Gasteiger partial charge in [-0.05, 0) is 48.8 Å². The smallest absolute Gasteiger partial charge is 0.314 e. The summed E-state index contributed by atoms with van der Waals surface area (Å²) in [7, 11) is 0. The van der Waals surface area contributed by atoms with Gasteiger partial charge in [0.05, 0.1) is 0 Å². The summed E-state index contributed by atoms with van der Waals surface area (Å²) in [4.78, 5) is 19.6. The van der Waals surface area contributed by atoms with E-state index in [2.05, 4.69) is 44.1 Å². The molecular weight excluding hydrogens is 320 g/mol. The van der Waals surface area contributed by atoms with E-state index in [-0.39, 0.29) is 6.03 Å². The number of amides is 2. The van der Waals surface area contributed by atoms with Crippen molar-refractivity contribution >= 4 is 23.1 Å². The van der Waals surface area contributed by atoms with Gasteiger partial charge in [-0.25, -0.2) is 4.79 Å². The highest BCUT2D eigenvalue weighted by molar-refractivity contribution is 7.09. The highest BCUT2D eigenvalue weighted by Crippen LogP contribution is 2.22. The molecule has 0 atom stereocenters. The summed E-state index contributed by atoms with van der Waals surface area (Å²) < 4.78 is 0. The molecule has 3 heterocycles. The van der Waals surface area contributed by atoms with Crippen molar-refractivity contribution in [2.75, 3.05) is 31.1 Å². The molecule has 2 N–H and O–H groups in total. The van der Waals surface area contributed by atoms with Crippen LogP contribution < -0.4 is 15.5 Å². The number of aromatic nitrogens is 1. The summed E-state index contributed by atoms with van der Waals surface area (Å²) in [6, 6.07) is 8.20. The average Bonchev–Trinajstić information content (AvgIpc) is 3.15. The number of carbonyl (C=O) groups excluding carboxylic acids is 1. The highest BCUT2D eigenvalue weighted by Gasteiger charge is 2.19. The Kier molecular flexibility index (Phi) is 6.07. The number of hydrogen-bond donors (Lipinski definition) is 2. The number of carbonyl (C=O) groups is 1. The maximum Gasteiger partial charge on any atom is 0.314 e. The van der Waals surface area contributed by atoms with E-state index < -0.39 is 0 Å². The molecule has 1 aliphatic heterocycles. The molecule has 1 fully saturated rings. The molecule has 6 heteroatoms. The van der Waals surface area contributed by atoms with Crippen LogP contribution in [-0.2, 0) is 6.42 Å². The van der Waals surface area contributed by atoms with Gasteiger partial charge in [-0.2, -0.15) is 0 Å². The minimum absolute atomic E-state index is 0.0527. The fraction of sp³-hybridized carbons (Fsp3) is 0.444. The van der Waals surface area contributed by atoms with Crippen LogP contribution in [0.15, 0.2) is 42.0 Å². The first-order chi connectivity index (χ1) is 11.8. The minimum Gasteiger partial charge on any atom is -0.371 e. The second kappa shape index (κ2) is 8.68. The van der Waals surface area contributed by atoms with Crippen molar-refractivity contribution in [2.45, 2.75) is 19.3 Å². The van der Waals surface area contributed by atoms with Crippen molar-refractivity contribution in [3.63, 3.8) is 0 Å². The van der Waals surface area contributed by atoms with Gasteiger partial charge in [0.15, 0.2) is 0 Å². The number of nitrogens with one attached hydrogen (secondary N) is 2. The van der Waals surface area contributed by atoms with E-state index in [0.29, 0.717) is 12.5 Å². The first kappa shape index (κ1) is 16.8. The first-order valence-electron chi connectivity index (χ1n) is 8.50. The van der Waals surface area contributed by atoms with Gasteiger partial charge in [-0.3, -0.25) is 4.98 Å². The number of hydrogen-bond acceptors (Lipinski definition) is 4. The van der Waals surface area contributed by atoms with Crippen molar-refractivity contribution < 1.29 is 4.79 Å². The van der Waals surface area contributed by atoms with Crippen LogP contribution in [0.4, 0.5) is 10.5 Å². The third-order valence-corrected chi connectivity index (χ3v) is 5.37. The molecule has 2 aromatic rings. The van der Waals surface area contributed by atoms with Gasteiger partial charge in [0.1, 0.15) is 0 Å². The average molecular weight is 344 g/mol. The lowest BCUT2D eigenvalue weighted by Gasteiger charge is -2.33. The summed E-state index contributed by atoms with van der Waals surface area (Å²) >= 11 is 1.73. The number of urea groups is 1. The minimum atomic E-state index is -0.0527. The van der Waals surface area contributed by atoms with Crippen LogP contribution in [0, 0.1) is 5.92 Å². The Morgan fingerprint density at radius 3 is 2.71 bits per heavy atom. The lowest BCUT2D eigenvalue weighted by Crippen LogP contribution is -2.42. The second-order valence-electron chi connectivity index (χ2n) is 6.10. The number of rotatable bonds is 6. The van der Waals surface area contributed by atoms with Crippen LogP contribution in [0.25, 0.3) is 0 Å². The molecule has 0 radical (unpaired) electrons. The van der Waals surface area contributed by atoms with E-state index in [4.69, 9.17) is 0 Å². The summed E-state index contributed by atoms with van der Waals surface area (Å²) in [6.07, 6.45) is 6.79. The maximum atomic E-state index is 11.9. The summed E-state index contributed by atoms with van der Waals surface area (Å²) in [5.74, 6) is 0.561. The van der Waals surface area contributed by atoms with Gasteiger partial charge < -0.3 is 15.5 Å². The highest BCUT2D eigenvalue weighted by atomic mass is 32.1. The molecule has 2 amide bonds. The predicted octanol–water partition coefficient (Wildman–Crippen LogP) is 2.90. The molecule has 3 rings (SSSR count). The standard InChI is InChI=1S/C18H24N4OS/c23-18(20-10-5-17-2-1-13-24-17)21-14-15-6-11-22(12-7-15)16-3-8-19-9-4-16/h1-4,8-9,13,15H,5-7,10-12,14H2,(H2,20,21,23). The fourth-order valence-electron chi connectivity index (χ4n) is 3.00. The summed E-state index contributed by atoms with van der Waals surface area (Å²) in [6.45, 7) is 3.52. The molecule has 1 saturated heterocycles. The van der Waals surface area contributed by atoms with E-state index >= 15 is 0 Å².